The number of hydrogen-bond donors (Lipinski definition) is 2. The number of aliphatic hydroxyl groups is 1. The number of pyridine rings is 1. The fraction of sp³-hybridized carbons (Fsp3) is 0.379. The Morgan fingerprint density at radius 2 is 1.87 bits per heavy atom. The van der Waals surface area contributed by atoms with Crippen LogP contribution in [-0.4, -0.2) is 63.4 Å². The quantitative estimate of drug-likeness (QED) is 0.378. The molecule has 4 aromatic rings. The molecule has 1 atom stereocenters. The van der Waals surface area contributed by atoms with E-state index >= 15 is 0 Å². The van der Waals surface area contributed by atoms with Crippen molar-refractivity contribution in [3.63, 3.8) is 0 Å². The second-order valence-corrected chi connectivity index (χ2v) is 10.2. The lowest BCUT2D eigenvalue weighted by molar-refractivity contribution is -0.125. The van der Waals surface area contributed by atoms with Gasteiger partial charge < -0.3 is 20.2 Å². The summed E-state index contributed by atoms with van der Waals surface area (Å²) in [6.07, 6.45) is 5.24. The number of piperidine rings is 1. The largest absolute Gasteiger partial charge is 0.395 e. The molecule has 39 heavy (non-hydrogen) atoms. The minimum absolute atomic E-state index is 0.00987. The molecule has 2 aliphatic rings. The van der Waals surface area contributed by atoms with Gasteiger partial charge in [-0.15, -0.1) is 5.10 Å². The van der Waals surface area contributed by atoms with Gasteiger partial charge in [0, 0.05) is 32.1 Å². The molecule has 2 N–H and O–H groups in total. The maximum absolute atomic E-state index is 13.9. The predicted octanol–water partition coefficient (Wildman–Crippen LogP) is 3.60. The molecule has 0 aliphatic carbocycles. The van der Waals surface area contributed by atoms with Crippen LogP contribution < -0.4 is 15.1 Å². The Hall–Kier alpha value is -4.05. The monoisotopic (exact) mass is 529 g/mol. The Morgan fingerprint density at radius 1 is 1.03 bits per heavy atom. The lowest BCUT2D eigenvalue weighted by Crippen LogP contribution is -2.41. The highest BCUT2D eigenvalue weighted by Crippen LogP contribution is 2.36. The molecule has 1 amide bonds. The van der Waals surface area contributed by atoms with Gasteiger partial charge >= 0.3 is 0 Å². The van der Waals surface area contributed by atoms with Gasteiger partial charge in [0.2, 0.25) is 5.91 Å². The Morgan fingerprint density at radius 3 is 2.69 bits per heavy atom. The number of amides is 1. The second-order valence-electron chi connectivity index (χ2n) is 10.2. The minimum Gasteiger partial charge on any atom is -0.395 e. The van der Waals surface area contributed by atoms with Crippen molar-refractivity contribution in [2.45, 2.75) is 31.7 Å². The SMILES string of the molecule is O=C(NCCO)C1CCN(c2cccc(-c3cnc4ccc(N5CCCC5c5cccc(F)c5)nn34)n2)CC1. The lowest BCUT2D eigenvalue weighted by atomic mass is 9.96. The first-order valence-electron chi connectivity index (χ1n) is 13.6. The summed E-state index contributed by atoms with van der Waals surface area (Å²) in [6, 6.07) is 16.8. The van der Waals surface area contributed by atoms with E-state index in [4.69, 9.17) is 15.2 Å². The zero-order valence-corrected chi connectivity index (χ0v) is 21.7. The highest BCUT2D eigenvalue weighted by atomic mass is 19.1. The Kier molecular flexibility index (Phi) is 7.10. The molecular formula is C29H32FN7O2. The van der Waals surface area contributed by atoms with Crippen LogP contribution in [0.5, 0.6) is 0 Å². The van der Waals surface area contributed by atoms with E-state index < -0.39 is 0 Å². The number of hydrogen-bond acceptors (Lipinski definition) is 7. The number of carbonyl (C=O) groups is 1. The van der Waals surface area contributed by atoms with Crippen LogP contribution in [0.15, 0.2) is 60.8 Å². The summed E-state index contributed by atoms with van der Waals surface area (Å²) in [5.41, 5.74) is 3.27. The Bertz CT molecular complexity index is 1470. The maximum Gasteiger partial charge on any atom is 0.223 e. The van der Waals surface area contributed by atoms with Crippen molar-refractivity contribution in [3.8, 4) is 11.4 Å². The van der Waals surface area contributed by atoms with E-state index in [1.807, 2.05) is 40.9 Å². The van der Waals surface area contributed by atoms with Gasteiger partial charge in [-0.25, -0.2) is 18.9 Å². The van der Waals surface area contributed by atoms with E-state index in [9.17, 15) is 9.18 Å². The van der Waals surface area contributed by atoms with Crippen molar-refractivity contribution >= 4 is 23.2 Å². The second kappa shape index (κ2) is 11.0. The smallest absolute Gasteiger partial charge is 0.223 e. The van der Waals surface area contributed by atoms with Crippen LogP contribution >= 0.6 is 0 Å². The molecule has 2 saturated heterocycles. The minimum atomic E-state index is -0.222. The average molecular weight is 530 g/mol. The van der Waals surface area contributed by atoms with E-state index in [-0.39, 0.29) is 30.3 Å². The first-order chi connectivity index (χ1) is 19.1. The third kappa shape index (κ3) is 5.16. The summed E-state index contributed by atoms with van der Waals surface area (Å²) in [7, 11) is 0. The molecule has 2 aliphatic heterocycles. The first kappa shape index (κ1) is 25.2. The number of halogens is 1. The van der Waals surface area contributed by atoms with E-state index in [1.54, 1.807) is 18.3 Å². The molecule has 6 rings (SSSR count). The van der Waals surface area contributed by atoms with Crippen molar-refractivity contribution in [1.82, 2.24) is 24.9 Å². The van der Waals surface area contributed by atoms with E-state index in [1.165, 1.54) is 6.07 Å². The van der Waals surface area contributed by atoms with Crippen LogP contribution in [0.4, 0.5) is 16.0 Å². The number of carbonyl (C=O) groups excluding carboxylic acids is 1. The molecule has 0 radical (unpaired) electrons. The summed E-state index contributed by atoms with van der Waals surface area (Å²) in [6.45, 7) is 2.57. The summed E-state index contributed by atoms with van der Waals surface area (Å²) in [5, 5.41) is 16.7. The molecule has 202 valence electrons. The molecule has 1 aromatic carbocycles. The number of rotatable bonds is 7. The highest BCUT2D eigenvalue weighted by molar-refractivity contribution is 5.79. The van der Waals surface area contributed by atoms with Crippen molar-refractivity contribution < 1.29 is 14.3 Å². The summed E-state index contributed by atoms with van der Waals surface area (Å²) in [4.78, 5) is 26.2. The normalized spacial score (nSPS) is 18.2. The maximum atomic E-state index is 13.9. The number of imidazole rings is 1. The number of nitrogens with one attached hydrogen (secondary N) is 1. The fourth-order valence-electron chi connectivity index (χ4n) is 5.73. The molecule has 0 saturated carbocycles. The molecule has 5 heterocycles. The zero-order valence-electron chi connectivity index (χ0n) is 21.7. The van der Waals surface area contributed by atoms with Gasteiger partial charge in [-0.3, -0.25) is 4.79 Å². The van der Waals surface area contributed by atoms with Gasteiger partial charge in [0.05, 0.1) is 24.5 Å². The number of aliphatic hydroxyl groups excluding tert-OH is 1. The average Bonchev–Trinajstić information content (AvgIpc) is 3.63. The number of fused-ring (bicyclic) bond motifs is 1. The zero-order chi connectivity index (χ0) is 26.8. The van der Waals surface area contributed by atoms with E-state index in [2.05, 4.69) is 20.1 Å². The molecule has 9 nitrogen and oxygen atoms in total. The van der Waals surface area contributed by atoms with Crippen LogP contribution in [0, 0.1) is 11.7 Å². The molecule has 0 bridgehead atoms. The van der Waals surface area contributed by atoms with Gasteiger partial charge in [0.25, 0.3) is 0 Å². The van der Waals surface area contributed by atoms with Crippen molar-refractivity contribution in [3.05, 3.63) is 72.2 Å². The van der Waals surface area contributed by atoms with Crippen molar-refractivity contribution in [2.24, 2.45) is 5.92 Å². The van der Waals surface area contributed by atoms with Crippen molar-refractivity contribution in [2.75, 3.05) is 42.6 Å². The topological polar surface area (TPSA) is 98.9 Å². The van der Waals surface area contributed by atoms with Gasteiger partial charge in [-0.05, 0) is 67.6 Å². The molecule has 0 spiro atoms. The van der Waals surface area contributed by atoms with Crippen LogP contribution in [-0.2, 0) is 4.79 Å². The summed E-state index contributed by atoms with van der Waals surface area (Å²) < 4.78 is 15.8. The molecule has 10 heteroatoms. The molecular weight excluding hydrogens is 497 g/mol. The standard InChI is InChI=1S/C29H32FN7O2/c30-22-5-1-4-21(18-22)24-7-3-14-36(24)28-10-9-26-32-19-25(37(26)34-28)23-6-2-8-27(33-23)35-15-11-20(12-16-35)29(39)31-13-17-38/h1-2,4-6,8-10,18-20,24,38H,3,7,11-17H2,(H,31,39). The highest BCUT2D eigenvalue weighted by Gasteiger charge is 2.28. The third-order valence-corrected chi connectivity index (χ3v) is 7.73. The van der Waals surface area contributed by atoms with Gasteiger partial charge in [0.1, 0.15) is 23.1 Å². The van der Waals surface area contributed by atoms with Gasteiger partial charge in [-0.2, -0.15) is 0 Å². The third-order valence-electron chi connectivity index (χ3n) is 7.73. The van der Waals surface area contributed by atoms with Crippen molar-refractivity contribution in [1.29, 1.82) is 0 Å². The van der Waals surface area contributed by atoms with Crippen LogP contribution in [0.1, 0.15) is 37.3 Å². The van der Waals surface area contributed by atoms with Crippen LogP contribution in [0.2, 0.25) is 0 Å². The van der Waals surface area contributed by atoms with Crippen LogP contribution in [0.25, 0.3) is 17.0 Å². The van der Waals surface area contributed by atoms with E-state index in [0.717, 1.165) is 79.6 Å². The van der Waals surface area contributed by atoms with Gasteiger partial charge in [0.15, 0.2) is 5.65 Å². The lowest BCUT2D eigenvalue weighted by Gasteiger charge is -2.32. The molecule has 3 aromatic heterocycles. The number of benzene rings is 1. The number of anilines is 2. The number of nitrogens with zero attached hydrogens (tertiary/aromatic N) is 6. The summed E-state index contributed by atoms with van der Waals surface area (Å²) >= 11 is 0. The molecule has 2 fully saturated rings. The Labute approximate surface area is 226 Å². The number of aromatic nitrogens is 4. The molecule has 1 unspecified atom stereocenters. The first-order valence-corrected chi connectivity index (χ1v) is 13.6. The van der Waals surface area contributed by atoms with Crippen LogP contribution in [0.3, 0.4) is 0 Å². The van der Waals surface area contributed by atoms with Gasteiger partial charge in [-0.1, -0.05) is 18.2 Å². The summed E-state index contributed by atoms with van der Waals surface area (Å²) in [5.74, 6) is 1.43. The Balaban J connectivity index is 1.23. The van der Waals surface area contributed by atoms with E-state index in [0.29, 0.717) is 6.54 Å². The predicted molar refractivity (Wildman–Crippen MR) is 147 cm³/mol. The fourth-order valence-corrected chi connectivity index (χ4v) is 5.73.